The third kappa shape index (κ3) is 2.48. The lowest BCUT2D eigenvalue weighted by Crippen LogP contribution is -2.32. The minimum absolute atomic E-state index is 0.953. The van der Waals surface area contributed by atoms with Crippen LogP contribution in [0, 0.1) is 6.92 Å². The first-order chi connectivity index (χ1) is 8.31. The lowest BCUT2D eigenvalue weighted by molar-refractivity contribution is 0.288. The fourth-order valence-electron chi connectivity index (χ4n) is 2.22. The molecule has 1 aromatic heterocycles. The van der Waals surface area contributed by atoms with Crippen LogP contribution in [-0.4, -0.2) is 39.5 Å². The molecular weight excluding hydrogens is 230 g/mol. The molecule has 1 aliphatic rings. The zero-order valence-electron chi connectivity index (χ0n) is 10.1. The van der Waals surface area contributed by atoms with E-state index in [-0.39, 0.29) is 0 Å². The zero-order valence-corrected chi connectivity index (χ0v) is 10.9. The second-order valence-electron chi connectivity index (χ2n) is 4.59. The number of imidazole rings is 1. The van der Waals surface area contributed by atoms with E-state index in [2.05, 4.69) is 40.0 Å². The van der Waals surface area contributed by atoms with Crippen LogP contribution in [0.2, 0.25) is 0 Å². The van der Waals surface area contributed by atoms with Gasteiger partial charge in [0.2, 0.25) is 0 Å². The van der Waals surface area contributed by atoms with Crippen LogP contribution in [0.3, 0.4) is 0 Å². The molecule has 0 unspecified atom stereocenters. The molecule has 3 nitrogen and oxygen atoms in total. The Bertz CT molecular complexity index is 514. The van der Waals surface area contributed by atoms with Crippen LogP contribution in [-0.2, 0) is 6.54 Å². The Morgan fingerprint density at radius 1 is 1.35 bits per heavy atom. The first-order valence-corrected chi connectivity index (χ1v) is 7.22. The topological polar surface area (TPSA) is 31.9 Å². The van der Waals surface area contributed by atoms with Gasteiger partial charge in [-0.05, 0) is 24.6 Å². The number of H-pyrrole nitrogens is 1. The van der Waals surface area contributed by atoms with Gasteiger partial charge in [0.25, 0.3) is 0 Å². The molecule has 0 spiro atoms. The number of hydrogen-bond donors (Lipinski definition) is 1. The molecule has 3 rings (SSSR count). The monoisotopic (exact) mass is 247 g/mol. The minimum Gasteiger partial charge on any atom is -0.341 e. The van der Waals surface area contributed by atoms with Crippen molar-refractivity contribution >= 4 is 22.8 Å². The predicted molar refractivity (Wildman–Crippen MR) is 73.4 cm³/mol. The molecule has 1 N–H and O–H groups in total. The Labute approximate surface area is 106 Å². The second kappa shape index (κ2) is 4.70. The van der Waals surface area contributed by atoms with Crippen molar-refractivity contribution in [3.8, 4) is 0 Å². The highest BCUT2D eigenvalue weighted by Gasteiger charge is 2.12. The Hall–Kier alpha value is -1.00. The highest BCUT2D eigenvalue weighted by atomic mass is 32.2. The Kier molecular flexibility index (Phi) is 3.07. The lowest BCUT2D eigenvalue weighted by Gasteiger charge is -2.24. The number of fused-ring (bicyclic) bond motifs is 1. The fraction of sp³-hybridized carbons (Fsp3) is 0.462. The molecule has 90 valence electrons. The van der Waals surface area contributed by atoms with Crippen LogP contribution in [0.25, 0.3) is 11.0 Å². The Morgan fingerprint density at radius 2 is 2.18 bits per heavy atom. The van der Waals surface area contributed by atoms with E-state index in [0.717, 1.165) is 23.4 Å². The van der Waals surface area contributed by atoms with E-state index in [1.807, 2.05) is 11.8 Å². The molecule has 2 heterocycles. The highest BCUT2D eigenvalue weighted by Crippen LogP contribution is 2.16. The first kappa shape index (κ1) is 11.1. The molecule has 1 fully saturated rings. The number of aromatic nitrogens is 2. The van der Waals surface area contributed by atoms with Crippen LogP contribution in [0.4, 0.5) is 0 Å². The van der Waals surface area contributed by atoms with Crippen molar-refractivity contribution in [1.82, 2.24) is 14.9 Å². The van der Waals surface area contributed by atoms with Crippen molar-refractivity contribution in [3.05, 3.63) is 29.6 Å². The summed E-state index contributed by atoms with van der Waals surface area (Å²) < 4.78 is 0. The maximum Gasteiger partial charge on any atom is 0.121 e. The van der Waals surface area contributed by atoms with E-state index >= 15 is 0 Å². The van der Waals surface area contributed by atoms with Gasteiger partial charge in [0.1, 0.15) is 5.82 Å². The van der Waals surface area contributed by atoms with Crippen molar-refractivity contribution in [1.29, 1.82) is 0 Å². The number of nitrogens with zero attached hydrogens (tertiary/aromatic N) is 2. The molecule has 0 saturated carbocycles. The molecule has 1 aliphatic heterocycles. The molecule has 1 saturated heterocycles. The fourth-order valence-corrected chi connectivity index (χ4v) is 3.20. The summed E-state index contributed by atoms with van der Waals surface area (Å²) in [6, 6.07) is 6.37. The summed E-state index contributed by atoms with van der Waals surface area (Å²) in [5.74, 6) is 3.59. The van der Waals surface area contributed by atoms with Crippen LogP contribution in [0.1, 0.15) is 11.4 Å². The normalized spacial score (nSPS) is 17.7. The predicted octanol–water partition coefficient (Wildman–Crippen LogP) is 2.42. The highest BCUT2D eigenvalue weighted by molar-refractivity contribution is 7.99. The van der Waals surface area contributed by atoms with Gasteiger partial charge in [0.05, 0.1) is 17.6 Å². The number of aromatic amines is 1. The van der Waals surface area contributed by atoms with Crippen molar-refractivity contribution in [2.45, 2.75) is 13.5 Å². The van der Waals surface area contributed by atoms with E-state index in [1.54, 1.807) is 0 Å². The molecule has 0 aliphatic carbocycles. The Balaban J connectivity index is 1.80. The van der Waals surface area contributed by atoms with E-state index in [9.17, 15) is 0 Å². The van der Waals surface area contributed by atoms with E-state index in [1.165, 1.54) is 30.2 Å². The summed E-state index contributed by atoms with van der Waals surface area (Å²) in [5.41, 5.74) is 3.52. The number of thioether (sulfide) groups is 1. The summed E-state index contributed by atoms with van der Waals surface area (Å²) in [5, 5.41) is 0. The third-order valence-corrected chi connectivity index (χ3v) is 4.11. The molecule has 0 atom stereocenters. The van der Waals surface area contributed by atoms with Crippen molar-refractivity contribution in [2.24, 2.45) is 0 Å². The molecule has 17 heavy (non-hydrogen) atoms. The summed E-state index contributed by atoms with van der Waals surface area (Å²) in [4.78, 5) is 10.5. The lowest BCUT2D eigenvalue weighted by atomic mass is 10.2. The van der Waals surface area contributed by atoms with Crippen LogP contribution >= 0.6 is 11.8 Å². The van der Waals surface area contributed by atoms with Crippen LogP contribution in [0.5, 0.6) is 0 Å². The number of rotatable bonds is 2. The molecule has 2 aromatic rings. The van der Waals surface area contributed by atoms with Gasteiger partial charge < -0.3 is 4.98 Å². The number of aryl methyl sites for hydroxylation is 1. The standard InChI is InChI=1S/C13H17N3S/c1-10-2-3-11-12(8-10)15-13(14-11)9-16-4-6-17-7-5-16/h2-3,8H,4-7,9H2,1H3,(H,14,15). The van der Waals surface area contributed by atoms with Crippen molar-refractivity contribution in [3.63, 3.8) is 0 Å². The smallest absolute Gasteiger partial charge is 0.121 e. The van der Waals surface area contributed by atoms with E-state index in [0.29, 0.717) is 0 Å². The number of benzene rings is 1. The summed E-state index contributed by atoms with van der Waals surface area (Å²) in [6.45, 7) is 5.43. The van der Waals surface area contributed by atoms with Crippen molar-refractivity contribution < 1.29 is 0 Å². The molecule has 0 bridgehead atoms. The maximum absolute atomic E-state index is 4.64. The zero-order chi connectivity index (χ0) is 11.7. The van der Waals surface area contributed by atoms with Gasteiger partial charge in [-0.3, -0.25) is 4.90 Å². The van der Waals surface area contributed by atoms with Gasteiger partial charge in [0.15, 0.2) is 0 Å². The van der Waals surface area contributed by atoms with Gasteiger partial charge in [-0.15, -0.1) is 0 Å². The van der Waals surface area contributed by atoms with Gasteiger partial charge in [-0.1, -0.05) is 6.07 Å². The van der Waals surface area contributed by atoms with Gasteiger partial charge in [-0.2, -0.15) is 11.8 Å². The van der Waals surface area contributed by atoms with Crippen LogP contribution in [0.15, 0.2) is 18.2 Å². The SMILES string of the molecule is Cc1ccc2nc(CN3CCSCC3)[nH]c2c1. The van der Waals surface area contributed by atoms with Crippen molar-refractivity contribution in [2.75, 3.05) is 24.6 Å². The number of hydrogen-bond acceptors (Lipinski definition) is 3. The molecule has 4 heteroatoms. The summed E-state index contributed by atoms with van der Waals surface area (Å²) >= 11 is 2.04. The molecule has 0 amide bonds. The maximum atomic E-state index is 4.64. The van der Waals surface area contributed by atoms with E-state index in [4.69, 9.17) is 0 Å². The largest absolute Gasteiger partial charge is 0.341 e. The second-order valence-corrected chi connectivity index (χ2v) is 5.82. The first-order valence-electron chi connectivity index (χ1n) is 6.06. The van der Waals surface area contributed by atoms with Gasteiger partial charge in [0, 0.05) is 24.6 Å². The average Bonchev–Trinajstić information content (AvgIpc) is 2.71. The third-order valence-electron chi connectivity index (χ3n) is 3.16. The quantitative estimate of drug-likeness (QED) is 0.884. The van der Waals surface area contributed by atoms with Gasteiger partial charge >= 0.3 is 0 Å². The van der Waals surface area contributed by atoms with Crippen LogP contribution < -0.4 is 0 Å². The summed E-state index contributed by atoms with van der Waals surface area (Å²) in [7, 11) is 0. The van der Waals surface area contributed by atoms with E-state index < -0.39 is 0 Å². The number of nitrogens with one attached hydrogen (secondary N) is 1. The molecule has 1 aromatic carbocycles. The average molecular weight is 247 g/mol. The minimum atomic E-state index is 0.953. The summed E-state index contributed by atoms with van der Waals surface area (Å²) in [6.07, 6.45) is 0. The molecule has 0 radical (unpaired) electrons. The van der Waals surface area contributed by atoms with Gasteiger partial charge in [-0.25, -0.2) is 4.98 Å². The molecular formula is C13H17N3S. The Morgan fingerprint density at radius 3 is 3.00 bits per heavy atom.